The lowest BCUT2D eigenvalue weighted by Gasteiger charge is -2.29. The molecular formula is C18H22S2. The first-order valence-electron chi connectivity index (χ1n) is 7.10. The summed E-state index contributed by atoms with van der Waals surface area (Å²) in [6, 6.07) is 0. The van der Waals surface area contributed by atoms with Crippen molar-refractivity contribution >= 4 is 43.8 Å². The topological polar surface area (TPSA) is 0 Å². The molecule has 0 N–H and O–H groups in total. The molecule has 2 heteroatoms. The van der Waals surface area contributed by atoms with E-state index in [1.807, 2.05) is 22.3 Å². The monoisotopic (exact) mass is 302 g/mol. The molecule has 2 heterocycles. The molecule has 0 aliphatic carbocycles. The van der Waals surface area contributed by atoms with E-state index in [0.717, 1.165) is 0 Å². The maximum Gasteiger partial charge on any atom is -0.00112 e. The first-order valence-corrected chi connectivity index (χ1v) is 8.98. The molecule has 0 radical (unpaired) electrons. The van der Waals surface area contributed by atoms with Gasteiger partial charge in [0.25, 0.3) is 0 Å². The smallest absolute Gasteiger partial charge is 0.00112 e. The molecular weight excluding hydrogens is 280 g/mol. The van der Waals surface area contributed by atoms with Crippen LogP contribution in [0.5, 0.6) is 0 Å². The van der Waals surface area contributed by atoms with Crippen LogP contribution in [-0.2, 0) is 10.8 Å². The second-order valence-electron chi connectivity index (χ2n) is 7.65. The van der Waals surface area contributed by atoms with Gasteiger partial charge in [0.1, 0.15) is 0 Å². The Morgan fingerprint density at radius 1 is 0.700 bits per heavy atom. The Kier molecular flexibility index (Phi) is 3.04. The number of hydrogen-bond donors (Lipinski definition) is 0. The van der Waals surface area contributed by atoms with E-state index in [4.69, 9.17) is 0 Å². The zero-order valence-electron chi connectivity index (χ0n) is 13.1. The van der Waals surface area contributed by atoms with Crippen LogP contribution in [0.25, 0.3) is 10.8 Å². The molecule has 106 valence electrons. The van der Waals surface area contributed by atoms with Crippen LogP contribution in [0.1, 0.15) is 63.8 Å². The number of hydrogen-bond acceptors (Lipinski definition) is 1. The third-order valence-corrected chi connectivity index (χ3v) is 5.39. The highest BCUT2D eigenvalue weighted by molar-refractivity contribution is 7.97. The van der Waals surface area contributed by atoms with E-state index in [1.165, 1.54) is 33.0 Å². The standard InChI is InChI=1S/C18H22S2/c1-17(2,3)15-11-7-19-9-13(11)16(18(4,5)6)14-10-20-8-12(14)15/h7-10H,1-6H3. The fourth-order valence-corrected chi connectivity index (χ4v) is 4.93. The van der Waals surface area contributed by atoms with Crippen molar-refractivity contribution in [3.63, 3.8) is 0 Å². The molecule has 1 aromatic carbocycles. The van der Waals surface area contributed by atoms with Crippen molar-refractivity contribution in [1.82, 2.24) is 0 Å². The van der Waals surface area contributed by atoms with Crippen LogP contribution in [-0.4, -0.2) is 10.7 Å². The zero-order valence-corrected chi connectivity index (χ0v) is 14.8. The number of fused-ring (bicyclic) bond motifs is 2. The van der Waals surface area contributed by atoms with E-state index in [1.54, 1.807) is 0 Å². The summed E-state index contributed by atoms with van der Waals surface area (Å²) in [6.45, 7) is 14.0. The number of benzene rings is 1. The lowest BCUT2D eigenvalue weighted by molar-refractivity contribution is 0.584. The number of thiophene rings is 1. The molecule has 2 aromatic rings. The van der Waals surface area contributed by atoms with Gasteiger partial charge in [0.2, 0.25) is 0 Å². The first-order chi connectivity index (χ1) is 9.21. The average molecular weight is 303 g/mol. The van der Waals surface area contributed by atoms with Crippen molar-refractivity contribution in [2.24, 2.45) is 0 Å². The molecule has 1 aromatic heterocycles. The predicted molar refractivity (Wildman–Crippen MR) is 97.1 cm³/mol. The highest BCUT2D eigenvalue weighted by Gasteiger charge is 2.30. The third kappa shape index (κ3) is 2.01. The lowest BCUT2D eigenvalue weighted by Crippen LogP contribution is -2.20. The van der Waals surface area contributed by atoms with E-state index in [2.05, 4.69) is 63.0 Å². The second kappa shape index (κ2) is 4.32. The molecule has 0 amide bonds. The molecule has 0 bridgehead atoms. The van der Waals surface area contributed by atoms with Crippen molar-refractivity contribution < 1.29 is 0 Å². The van der Waals surface area contributed by atoms with Crippen molar-refractivity contribution in [3.8, 4) is 0 Å². The number of rotatable bonds is 0. The molecule has 1 aliphatic heterocycles. The molecule has 0 spiro atoms. The summed E-state index contributed by atoms with van der Waals surface area (Å²) in [7, 11) is 1.83. The van der Waals surface area contributed by atoms with E-state index >= 15 is 0 Å². The quantitative estimate of drug-likeness (QED) is 0.478. The molecule has 0 nitrogen and oxygen atoms in total. The van der Waals surface area contributed by atoms with Gasteiger partial charge in [0, 0.05) is 0 Å². The summed E-state index contributed by atoms with van der Waals surface area (Å²) in [5, 5.41) is 12.3. The van der Waals surface area contributed by atoms with Crippen molar-refractivity contribution in [1.29, 1.82) is 0 Å². The lowest BCUT2D eigenvalue weighted by atomic mass is 9.74. The van der Waals surface area contributed by atoms with E-state index < -0.39 is 0 Å². The van der Waals surface area contributed by atoms with Gasteiger partial charge in [-0.05, 0) is 65.4 Å². The van der Waals surface area contributed by atoms with Crippen LogP contribution in [0, 0.1) is 0 Å². The Labute approximate surface area is 129 Å². The molecule has 0 saturated carbocycles. The average Bonchev–Trinajstić information content (AvgIpc) is 2.88. The summed E-state index contributed by atoms with van der Waals surface area (Å²) >= 11 is 1.83. The minimum Gasteiger partial charge on any atom is -0.151 e. The van der Waals surface area contributed by atoms with Gasteiger partial charge in [-0.3, -0.25) is 0 Å². The van der Waals surface area contributed by atoms with E-state index in [0.29, 0.717) is 0 Å². The van der Waals surface area contributed by atoms with Crippen LogP contribution < -0.4 is 0 Å². The molecule has 0 saturated heterocycles. The van der Waals surface area contributed by atoms with Gasteiger partial charge >= 0.3 is 0 Å². The highest BCUT2D eigenvalue weighted by Crippen LogP contribution is 2.43. The third-order valence-electron chi connectivity index (χ3n) is 3.90. The van der Waals surface area contributed by atoms with Gasteiger partial charge in [-0.25, -0.2) is 0 Å². The Morgan fingerprint density at radius 3 is 1.45 bits per heavy atom. The molecule has 0 atom stereocenters. The summed E-state index contributed by atoms with van der Waals surface area (Å²) < 4.78 is 0. The van der Waals surface area contributed by atoms with Crippen LogP contribution in [0.2, 0.25) is 0 Å². The minimum absolute atomic E-state index is 0.176. The van der Waals surface area contributed by atoms with Gasteiger partial charge in [-0.1, -0.05) is 41.5 Å². The zero-order chi connectivity index (χ0) is 14.7. The highest BCUT2D eigenvalue weighted by atomic mass is 32.1. The van der Waals surface area contributed by atoms with Crippen LogP contribution in [0.15, 0.2) is 10.8 Å². The Bertz CT molecular complexity index is 695. The Morgan fingerprint density at radius 2 is 1.10 bits per heavy atom. The largest absolute Gasteiger partial charge is 0.151 e. The predicted octanol–water partition coefficient (Wildman–Crippen LogP) is 5.54. The van der Waals surface area contributed by atoms with Gasteiger partial charge < -0.3 is 0 Å². The van der Waals surface area contributed by atoms with Gasteiger partial charge in [0.15, 0.2) is 0 Å². The summed E-state index contributed by atoms with van der Waals surface area (Å²) in [5.41, 5.74) is 6.29. The molecule has 1 aliphatic rings. The maximum absolute atomic E-state index is 2.34. The molecule has 3 rings (SSSR count). The Balaban J connectivity index is 2.53. The van der Waals surface area contributed by atoms with Gasteiger partial charge in [-0.15, -0.1) is 0 Å². The second-order valence-corrected chi connectivity index (χ2v) is 9.14. The van der Waals surface area contributed by atoms with Crippen LogP contribution in [0.4, 0.5) is 0 Å². The fraction of sp³-hybridized carbons (Fsp3) is 0.444. The van der Waals surface area contributed by atoms with E-state index in [9.17, 15) is 0 Å². The van der Waals surface area contributed by atoms with Gasteiger partial charge in [-0.2, -0.15) is 22.3 Å². The van der Waals surface area contributed by atoms with Crippen LogP contribution in [0.3, 0.4) is 0 Å². The summed E-state index contributed by atoms with van der Waals surface area (Å²) in [5.74, 6) is 0. The fourth-order valence-electron chi connectivity index (χ4n) is 3.27. The molecule has 20 heavy (non-hydrogen) atoms. The Hall–Kier alpha value is -0.860. The molecule has 0 unspecified atom stereocenters. The van der Waals surface area contributed by atoms with Crippen molar-refractivity contribution in [2.45, 2.75) is 52.4 Å². The van der Waals surface area contributed by atoms with Crippen molar-refractivity contribution in [3.05, 3.63) is 33.0 Å². The first kappa shape index (κ1) is 14.1. The normalized spacial score (nSPS) is 14.7. The van der Waals surface area contributed by atoms with Crippen LogP contribution >= 0.6 is 22.3 Å². The van der Waals surface area contributed by atoms with Gasteiger partial charge in [0.05, 0.1) is 0 Å². The summed E-state index contributed by atoms with van der Waals surface area (Å²) in [6.07, 6.45) is 0. The summed E-state index contributed by atoms with van der Waals surface area (Å²) in [4.78, 5) is 0. The van der Waals surface area contributed by atoms with Crippen molar-refractivity contribution in [2.75, 3.05) is 0 Å². The SMILES string of the molecule is CC(C)(C)c1c2c(c(C(C)(C)C)c3cscc13)C=S=C2. The maximum atomic E-state index is 2.34. The molecule has 0 fully saturated rings. The minimum atomic E-state index is 0.176. The van der Waals surface area contributed by atoms with E-state index in [-0.39, 0.29) is 10.8 Å².